The second kappa shape index (κ2) is 7.31. The number of likely N-dealkylation sites (N-methyl/N-ethyl adjacent to an activating group) is 1. The highest BCUT2D eigenvalue weighted by Gasteiger charge is 2.28. The maximum absolute atomic E-state index is 13.9. The van der Waals surface area contributed by atoms with Gasteiger partial charge in [0.1, 0.15) is 17.3 Å². The van der Waals surface area contributed by atoms with Crippen molar-refractivity contribution in [1.29, 1.82) is 0 Å². The molecule has 4 rings (SSSR count). The van der Waals surface area contributed by atoms with E-state index in [1.807, 2.05) is 12.1 Å². The van der Waals surface area contributed by atoms with Gasteiger partial charge in [-0.25, -0.2) is 9.37 Å². The smallest absolute Gasteiger partial charge is 0.272 e. The summed E-state index contributed by atoms with van der Waals surface area (Å²) in [7, 11) is 1.79. The normalized spacial score (nSPS) is 13.2. The number of benzene rings is 2. The Balaban J connectivity index is 1.55. The van der Waals surface area contributed by atoms with Gasteiger partial charge in [0.25, 0.3) is 5.91 Å². The second-order valence-corrected chi connectivity index (χ2v) is 7.02. The number of fused-ring (bicyclic) bond motifs is 1. The minimum absolute atomic E-state index is 0.0797. The van der Waals surface area contributed by atoms with E-state index in [2.05, 4.69) is 22.4 Å². The number of hydrogen-bond acceptors (Lipinski definition) is 4. The number of rotatable bonds is 4. The molecule has 1 heterocycles. The summed E-state index contributed by atoms with van der Waals surface area (Å²) in [5.74, 6) is -0.279. The zero-order valence-corrected chi connectivity index (χ0v) is 15.5. The second-order valence-electron chi connectivity index (χ2n) is 7.02. The number of anilines is 3. The number of carbonyl (C=O) groups excluding carboxylic acids is 1. The third kappa shape index (κ3) is 3.53. The first-order chi connectivity index (χ1) is 13.5. The van der Waals surface area contributed by atoms with Crippen LogP contribution in [0.3, 0.4) is 0 Å². The van der Waals surface area contributed by atoms with Crippen molar-refractivity contribution in [2.75, 3.05) is 18.1 Å². The molecule has 0 spiro atoms. The lowest BCUT2D eigenvalue weighted by atomic mass is 10.1. The molecule has 0 radical (unpaired) electrons. The molecule has 2 aromatic carbocycles. The maximum Gasteiger partial charge on any atom is 0.272 e. The zero-order valence-electron chi connectivity index (χ0n) is 15.5. The molecular formula is C22H21FN4O. The molecule has 0 fully saturated rings. The number of nitrogens with zero attached hydrogens (tertiary/aromatic N) is 2. The van der Waals surface area contributed by atoms with Crippen molar-refractivity contribution in [2.24, 2.45) is 0 Å². The molecule has 0 unspecified atom stereocenters. The van der Waals surface area contributed by atoms with E-state index in [0.717, 1.165) is 12.8 Å². The van der Waals surface area contributed by atoms with Gasteiger partial charge in [-0.1, -0.05) is 36.4 Å². The highest BCUT2D eigenvalue weighted by atomic mass is 19.1. The van der Waals surface area contributed by atoms with Gasteiger partial charge < -0.3 is 16.0 Å². The topological polar surface area (TPSA) is 71.2 Å². The molecule has 3 aromatic rings. The minimum atomic E-state index is -0.402. The van der Waals surface area contributed by atoms with E-state index in [4.69, 9.17) is 5.73 Å². The monoisotopic (exact) mass is 376 g/mol. The van der Waals surface area contributed by atoms with Crippen LogP contribution in [0.4, 0.5) is 21.6 Å². The molecular weight excluding hydrogens is 355 g/mol. The van der Waals surface area contributed by atoms with E-state index < -0.39 is 5.82 Å². The van der Waals surface area contributed by atoms with Crippen LogP contribution in [0.15, 0.2) is 60.7 Å². The molecule has 0 atom stereocenters. The summed E-state index contributed by atoms with van der Waals surface area (Å²) in [5.41, 5.74) is 9.41. The molecule has 1 aromatic heterocycles. The number of halogens is 1. The minimum Gasteiger partial charge on any atom is -0.399 e. The molecule has 0 aliphatic heterocycles. The standard InChI is InChI=1S/C22H21FN4O/c1-27(17-10-14-6-2-3-7-15(14)11-17)22(28)20-12-16(24)13-21(26-20)25-19-9-5-4-8-18(19)23/h2-9,12-13,17H,10-11H2,1H3,(H3,24,25,26). The average Bonchev–Trinajstić information content (AvgIpc) is 3.12. The van der Waals surface area contributed by atoms with E-state index in [-0.39, 0.29) is 23.3 Å². The molecule has 1 amide bonds. The molecule has 3 N–H and O–H groups in total. The Labute approximate surface area is 163 Å². The molecule has 6 heteroatoms. The van der Waals surface area contributed by atoms with Crippen LogP contribution in [-0.4, -0.2) is 28.9 Å². The van der Waals surface area contributed by atoms with Crippen molar-refractivity contribution in [2.45, 2.75) is 18.9 Å². The van der Waals surface area contributed by atoms with Crippen molar-refractivity contribution >= 4 is 23.1 Å². The Hall–Kier alpha value is -3.41. The third-order valence-corrected chi connectivity index (χ3v) is 5.10. The number of carbonyl (C=O) groups is 1. The number of nitrogens with two attached hydrogens (primary N) is 1. The molecule has 0 saturated carbocycles. The summed E-state index contributed by atoms with van der Waals surface area (Å²) < 4.78 is 13.9. The van der Waals surface area contributed by atoms with Gasteiger partial charge in [-0.2, -0.15) is 0 Å². The van der Waals surface area contributed by atoms with Crippen LogP contribution in [0.25, 0.3) is 0 Å². The van der Waals surface area contributed by atoms with E-state index in [0.29, 0.717) is 11.5 Å². The maximum atomic E-state index is 13.9. The first-order valence-corrected chi connectivity index (χ1v) is 9.14. The van der Waals surface area contributed by atoms with Crippen LogP contribution in [-0.2, 0) is 12.8 Å². The molecule has 0 bridgehead atoms. The highest BCUT2D eigenvalue weighted by molar-refractivity contribution is 5.94. The zero-order chi connectivity index (χ0) is 19.7. The fraction of sp³-hybridized carbons (Fsp3) is 0.182. The first kappa shape index (κ1) is 18.0. The third-order valence-electron chi connectivity index (χ3n) is 5.10. The molecule has 5 nitrogen and oxygen atoms in total. The summed E-state index contributed by atoms with van der Waals surface area (Å²) >= 11 is 0. The van der Waals surface area contributed by atoms with Crippen molar-refractivity contribution < 1.29 is 9.18 Å². The molecule has 0 saturated heterocycles. The number of pyridine rings is 1. The summed E-state index contributed by atoms with van der Waals surface area (Å²) in [4.78, 5) is 19.1. The summed E-state index contributed by atoms with van der Waals surface area (Å²) in [6, 6.07) is 17.7. The quantitative estimate of drug-likeness (QED) is 0.727. The predicted octanol–water partition coefficient (Wildman–Crippen LogP) is 3.79. The first-order valence-electron chi connectivity index (χ1n) is 9.14. The summed E-state index contributed by atoms with van der Waals surface area (Å²) in [5, 5.41) is 2.89. The van der Waals surface area contributed by atoms with Crippen LogP contribution in [0.5, 0.6) is 0 Å². The van der Waals surface area contributed by atoms with Crippen molar-refractivity contribution in [3.8, 4) is 0 Å². The Morgan fingerprint density at radius 3 is 2.43 bits per heavy atom. The molecule has 28 heavy (non-hydrogen) atoms. The number of para-hydroxylation sites is 1. The fourth-order valence-corrected chi connectivity index (χ4v) is 3.58. The molecule has 1 aliphatic carbocycles. The number of nitrogen functional groups attached to an aromatic ring is 1. The number of nitrogens with one attached hydrogen (secondary N) is 1. The fourth-order valence-electron chi connectivity index (χ4n) is 3.58. The summed E-state index contributed by atoms with van der Waals surface area (Å²) in [6.07, 6.45) is 1.64. The molecule has 1 aliphatic rings. The number of amides is 1. The van der Waals surface area contributed by atoms with Gasteiger partial charge in [-0.05, 0) is 42.2 Å². The van der Waals surface area contributed by atoms with E-state index in [1.165, 1.54) is 17.2 Å². The lowest BCUT2D eigenvalue weighted by Crippen LogP contribution is -2.38. The Morgan fingerprint density at radius 1 is 1.11 bits per heavy atom. The van der Waals surface area contributed by atoms with Crippen molar-refractivity contribution in [1.82, 2.24) is 9.88 Å². The van der Waals surface area contributed by atoms with E-state index in [9.17, 15) is 9.18 Å². The van der Waals surface area contributed by atoms with Crippen LogP contribution in [0.2, 0.25) is 0 Å². The van der Waals surface area contributed by atoms with Gasteiger partial charge in [-0.3, -0.25) is 4.79 Å². The Morgan fingerprint density at radius 2 is 1.75 bits per heavy atom. The lowest BCUT2D eigenvalue weighted by molar-refractivity contribution is 0.0732. The Kier molecular flexibility index (Phi) is 4.69. The average molecular weight is 376 g/mol. The SMILES string of the molecule is CN(C(=O)c1cc(N)cc(Nc2ccccc2F)n1)C1Cc2ccccc2C1. The Bertz CT molecular complexity index is 1010. The predicted molar refractivity (Wildman–Crippen MR) is 108 cm³/mol. The largest absolute Gasteiger partial charge is 0.399 e. The van der Waals surface area contributed by atoms with Crippen molar-refractivity contribution in [3.05, 3.63) is 83.3 Å². The summed E-state index contributed by atoms with van der Waals surface area (Å²) in [6.45, 7) is 0. The van der Waals surface area contributed by atoms with Crippen LogP contribution < -0.4 is 11.1 Å². The van der Waals surface area contributed by atoms with Gasteiger partial charge in [-0.15, -0.1) is 0 Å². The van der Waals surface area contributed by atoms with Gasteiger partial charge in [0.05, 0.1) is 5.69 Å². The van der Waals surface area contributed by atoms with E-state index >= 15 is 0 Å². The van der Waals surface area contributed by atoms with Gasteiger partial charge in [0.2, 0.25) is 0 Å². The van der Waals surface area contributed by atoms with Gasteiger partial charge in [0.15, 0.2) is 0 Å². The molecule has 142 valence electrons. The van der Waals surface area contributed by atoms with Gasteiger partial charge in [0, 0.05) is 24.8 Å². The number of hydrogen-bond donors (Lipinski definition) is 2. The van der Waals surface area contributed by atoms with Crippen molar-refractivity contribution in [3.63, 3.8) is 0 Å². The van der Waals surface area contributed by atoms with Crippen LogP contribution >= 0.6 is 0 Å². The lowest BCUT2D eigenvalue weighted by Gasteiger charge is -2.24. The highest BCUT2D eigenvalue weighted by Crippen LogP contribution is 2.26. The van der Waals surface area contributed by atoms with Crippen LogP contribution in [0, 0.1) is 5.82 Å². The number of aromatic nitrogens is 1. The van der Waals surface area contributed by atoms with Gasteiger partial charge >= 0.3 is 0 Å². The van der Waals surface area contributed by atoms with E-state index in [1.54, 1.807) is 42.3 Å². The van der Waals surface area contributed by atoms with Crippen LogP contribution in [0.1, 0.15) is 21.6 Å².